The Kier molecular flexibility index (Phi) is 6.07. The van der Waals surface area contributed by atoms with Gasteiger partial charge in [0.05, 0.1) is 12.2 Å². The summed E-state index contributed by atoms with van der Waals surface area (Å²) in [6, 6.07) is 6.44. The summed E-state index contributed by atoms with van der Waals surface area (Å²) >= 11 is 1.26. The van der Waals surface area contributed by atoms with Crippen LogP contribution in [-0.4, -0.2) is 40.1 Å². The van der Waals surface area contributed by atoms with Crippen LogP contribution in [0.3, 0.4) is 0 Å². The van der Waals surface area contributed by atoms with Crippen LogP contribution in [-0.2, 0) is 16.0 Å². The van der Waals surface area contributed by atoms with Crippen molar-refractivity contribution in [2.45, 2.75) is 6.42 Å². The standard InChI is InChI=1S/C12H15NO4S/c14-10-3-1-9(2-4-10)7-11(15)13-5-6-18-8-12(16)17/h1-4,14H,5-8H2,(H,13,15)(H,16,17). The molecule has 3 N–H and O–H groups in total. The first kappa shape index (κ1) is 14.4. The highest BCUT2D eigenvalue weighted by Gasteiger charge is 2.03. The maximum Gasteiger partial charge on any atom is 0.313 e. The highest BCUT2D eigenvalue weighted by molar-refractivity contribution is 7.99. The lowest BCUT2D eigenvalue weighted by atomic mass is 10.1. The van der Waals surface area contributed by atoms with E-state index >= 15 is 0 Å². The quantitative estimate of drug-likeness (QED) is 0.639. The molecule has 5 nitrogen and oxygen atoms in total. The first-order chi connectivity index (χ1) is 8.58. The number of carbonyl (C=O) groups is 2. The topological polar surface area (TPSA) is 86.6 Å². The Morgan fingerprint density at radius 1 is 1.22 bits per heavy atom. The van der Waals surface area contributed by atoms with Gasteiger partial charge in [-0.2, -0.15) is 0 Å². The number of hydrogen-bond acceptors (Lipinski definition) is 4. The van der Waals surface area contributed by atoms with E-state index in [1.807, 2.05) is 0 Å². The second-order valence-electron chi connectivity index (χ2n) is 3.64. The molecule has 1 amide bonds. The number of carboxylic acids is 1. The number of aliphatic carboxylic acids is 1. The van der Waals surface area contributed by atoms with Crippen LogP contribution in [0.4, 0.5) is 0 Å². The minimum absolute atomic E-state index is 0.0494. The Labute approximate surface area is 109 Å². The molecule has 1 rings (SSSR count). The molecule has 0 aliphatic rings. The molecule has 0 radical (unpaired) electrons. The van der Waals surface area contributed by atoms with Crippen molar-refractivity contribution in [3.8, 4) is 5.75 Å². The fraction of sp³-hybridized carbons (Fsp3) is 0.333. The summed E-state index contributed by atoms with van der Waals surface area (Å²) < 4.78 is 0. The zero-order valence-electron chi connectivity index (χ0n) is 9.76. The smallest absolute Gasteiger partial charge is 0.313 e. The van der Waals surface area contributed by atoms with Gasteiger partial charge in [-0.15, -0.1) is 11.8 Å². The lowest BCUT2D eigenvalue weighted by molar-refractivity contribution is -0.133. The van der Waals surface area contributed by atoms with Crippen LogP contribution in [0.25, 0.3) is 0 Å². The Balaban J connectivity index is 2.17. The Morgan fingerprint density at radius 3 is 2.50 bits per heavy atom. The molecule has 1 aromatic carbocycles. The van der Waals surface area contributed by atoms with Gasteiger partial charge in [0.1, 0.15) is 5.75 Å². The Bertz CT molecular complexity index is 405. The van der Waals surface area contributed by atoms with Crippen molar-refractivity contribution in [1.29, 1.82) is 0 Å². The number of amides is 1. The first-order valence-corrected chi connectivity index (χ1v) is 6.57. The van der Waals surface area contributed by atoms with E-state index in [0.29, 0.717) is 12.3 Å². The number of carboxylic acid groups (broad SMARTS) is 1. The predicted octanol–water partition coefficient (Wildman–Crippen LogP) is 0.869. The zero-order valence-corrected chi connectivity index (χ0v) is 10.6. The molecular weight excluding hydrogens is 254 g/mol. The molecule has 0 bridgehead atoms. The molecular formula is C12H15NO4S. The molecule has 1 aromatic rings. The molecule has 0 saturated carbocycles. The molecule has 0 unspecified atom stereocenters. The summed E-state index contributed by atoms with van der Waals surface area (Å²) in [6.45, 7) is 0.453. The number of hydrogen-bond donors (Lipinski definition) is 3. The van der Waals surface area contributed by atoms with Gasteiger partial charge < -0.3 is 15.5 Å². The molecule has 0 spiro atoms. The van der Waals surface area contributed by atoms with Gasteiger partial charge in [-0.3, -0.25) is 9.59 Å². The first-order valence-electron chi connectivity index (χ1n) is 5.42. The van der Waals surface area contributed by atoms with Gasteiger partial charge >= 0.3 is 5.97 Å². The summed E-state index contributed by atoms with van der Waals surface area (Å²) in [5.74, 6) is -0.169. The van der Waals surface area contributed by atoms with Crippen molar-refractivity contribution < 1.29 is 19.8 Å². The number of nitrogens with one attached hydrogen (secondary N) is 1. The highest BCUT2D eigenvalue weighted by atomic mass is 32.2. The third-order valence-corrected chi connectivity index (χ3v) is 3.04. The fourth-order valence-electron chi connectivity index (χ4n) is 1.28. The third-order valence-electron chi connectivity index (χ3n) is 2.10. The normalized spacial score (nSPS) is 10.0. The van der Waals surface area contributed by atoms with E-state index in [2.05, 4.69) is 5.32 Å². The van der Waals surface area contributed by atoms with Crippen LogP contribution >= 0.6 is 11.8 Å². The number of phenols is 1. The number of rotatable bonds is 7. The van der Waals surface area contributed by atoms with Gasteiger partial charge in [0.15, 0.2) is 0 Å². The molecule has 0 atom stereocenters. The van der Waals surface area contributed by atoms with E-state index in [9.17, 15) is 9.59 Å². The second-order valence-corrected chi connectivity index (χ2v) is 4.74. The highest BCUT2D eigenvalue weighted by Crippen LogP contribution is 2.09. The van der Waals surface area contributed by atoms with E-state index in [1.54, 1.807) is 12.1 Å². The maximum atomic E-state index is 11.5. The van der Waals surface area contributed by atoms with Gasteiger partial charge in [0.2, 0.25) is 5.91 Å². The molecule has 0 aliphatic carbocycles. The Hall–Kier alpha value is -1.69. The summed E-state index contributed by atoms with van der Waals surface area (Å²) in [6.07, 6.45) is 0.254. The summed E-state index contributed by atoms with van der Waals surface area (Å²) in [5, 5.41) is 20.2. The SMILES string of the molecule is O=C(O)CSCCNC(=O)Cc1ccc(O)cc1. The summed E-state index contributed by atoms with van der Waals surface area (Å²) in [7, 11) is 0. The van der Waals surface area contributed by atoms with Crippen molar-refractivity contribution in [3.05, 3.63) is 29.8 Å². The van der Waals surface area contributed by atoms with Crippen molar-refractivity contribution >= 4 is 23.6 Å². The average molecular weight is 269 g/mol. The summed E-state index contributed by atoms with van der Waals surface area (Å²) in [4.78, 5) is 21.7. The van der Waals surface area contributed by atoms with E-state index in [1.165, 1.54) is 23.9 Å². The average Bonchev–Trinajstić information content (AvgIpc) is 2.31. The molecule has 98 valence electrons. The summed E-state index contributed by atoms with van der Waals surface area (Å²) in [5.41, 5.74) is 0.823. The van der Waals surface area contributed by atoms with Gasteiger partial charge in [-0.25, -0.2) is 0 Å². The number of aromatic hydroxyl groups is 1. The monoisotopic (exact) mass is 269 g/mol. The molecule has 0 heterocycles. The number of benzene rings is 1. The molecule has 18 heavy (non-hydrogen) atoms. The van der Waals surface area contributed by atoms with Gasteiger partial charge in [0.25, 0.3) is 0 Å². The molecule has 0 saturated heterocycles. The number of phenolic OH excluding ortho intramolecular Hbond substituents is 1. The van der Waals surface area contributed by atoms with Gasteiger partial charge in [-0.05, 0) is 17.7 Å². The second kappa shape index (κ2) is 7.60. The van der Waals surface area contributed by atoms with Crippen LogP contribution in [0.2, 0.25) is 0 Å². The van der Waals surface area contributed by atoms with E-state index in [-0.39, 0.29) is 23.8 Å². The Morgan fingerprint density at radius 2 is 1.89 bits per heavy atom. The fourth-order valence-corrected chi connectivity index (χ4v) is 1.85. The third kappa shape index (κ3) is 6.15. The minimum Gasteiger partial charge on any atom is -0.508 e. The van der Waals surface area contributed by atoms with Gasteiger partial charge in [-0.1, -0.05) is 12.1 Å². The van der Waals surface area contributed by atoms with Gasteiger partial charge in [0, 0.05) is 12.3 Å². The zero-order chi connectivity index (χ0) is 13.4. The van der Waals surface area contributed by atoms with Crippen LogP contribution in [0.15, 0.2) is 24.3 Å². The predicted molar refractivity (Wildman–Crippen MR) is 69.8 cm³/mol. The van der Waals surface area contributed by atoms with Crippen LogP contribution in [0, 0.1) is 0 Å². The van der Waals surface area contributed by atoms with Crippen LogP contribution in [0.1, 0.15) is 5.56 Å². The van der Waals surface area contributed by atoms with E-state index in [0.717, 1.165) is 5.56 Å². The molecule has 0 aliphatic heterocycles. The van der Waals surface area contributed by atoms with Crippen molar-refractivity contribution in [3.63, 3.8) is 0 Å². The maximum absolute atomic E-state index is 11.5. The van der Waals surface area contributed by atoms with Crippen LogP contribution < -0.4 is 5.32 Å². The van der Waals surface area contributed by atoms with Crippen LogP contribution in [0.5, 0.6) is 5.75 Å². The number of carbonyl (C=O) groups excluding carboxylic acids is 1. The largest absolute Gasteiger partial charge is 0.508 e. The lowest BCUT2D eigenvalue weighted by Gasteiger charge is -2.04. The molecule has 6 heteroatoms. The van der Waals surface area contributed by atoms with Crippen molar-refractivity contribution in [2.24, 2.45) is 0 Å². The van der Waals surface area contributed by atoms with Crippen molar-refractivity contribution in [1.82, 2.24) is 5.32 Å². The van der Waals surface area contributed by atoms with E-state index in [4.69, 9.17) is 10.2 Å². The lowest BCUT2D eigenvalue weighted by Crippen LogP contribution is -2.27. The molecule has 0 fully saturated rings. The number of thioether (sulfide) groups is 1. The van der Waals surface area contributed by atoms with E-state index < -0.39 is 5.97 Å². The minimum atomic E-state index is -0.851. The van der Waals surface area contributed by atoms with Crippen molar-refractivity contribution in [2.75, 3.05) is 18.1 Å². The molecule has 0 aromatic heterocycles.